The van der Waals surface area contributed by atoms with Crippen LogP contribution >= 0.6 is 0 Å². The van der Waals surface area contributed by atoms with Crippen LogP contribution in [0.5, 0.6) is 0 Å². The van der Waals surface area contributed by atoms with Crippen LogP contribution in [0.4, 0.5) is 5.82 Å². The van der Waals surface area contributed by atoms with Crippen molar-refractivity contribution in [1.82, 2.24) is 24.4 Å². The Morgan fingerprint density at radius 2 is 1.82 bits per heavy atom. The van der Waals surface area contributed by atoms with Crippen molar-refractivity contribution in [2.24, 2.45) is 7.05 Å². The van der Waals surface area contributed by atoms with E-state index in [2.05, 4.69) is 49.9 Å². The minimum Gasteiger partial charge on any atom is -0.354 e. The minimum absolute atomic E-state index is 0.0582. The number of carbonyl (C=O) groups is 1. The van der Waals surface area contributed by atoms with Gasteiger partial charge >= 0.3 is 0 Å². The van der Waals surface area contributed by atoms with E-state index in [4.69, 9.17) is 0 Å². The lowest BCUT2D eigenvalue weighted by Crippen LogP contribution is -2.46. The number of imidazole rings is 1. The number of aromatic nitrogens is 4. The molecule has 4 heterocycles. The normalized spacial score (nSPS) is 14.6. The molecule has 4 aromatic rings. The lowest BCUT2D eigenvalue weighted by Gasteiger charge is -2.35. The molecular weight excluding hydrogens is 424 g/mol. The highest BCUT2D eigenvalue weighted by atomic mass is 16.1. The summed E-state index contributed by atoms with van der Waals surface area (Å²) in [5, 5.41) is 2.12. The third kappa shape index (κ3) is 4.70. The second kappa shape index (κ2) is 9.73. The van der Waals surface area contributed by atoms with Crippen LogP contribution in [-0.2, 0) is 13.5 Å². The number of fused-ring (bicyclic) bond motifs is 1. The van der Waals surface area contributed by atoms with Crippen molar-refractivity contribution in [3.63, 3.8) is 0 Å². The highest BCUT2D eigenvalue weighted by Gasteiger charge is 2.19. The van der Waals surface area contributed by atoms with Gasteiger partial charge in [0.15, 0.2) is 5.78 Å². The van der Waals surface area contributed by atoms with Gasteiger partial charge in [-0.05, 0) is 42.6 Å². The Hall–Kier alpha value is -3.58. The maximum absolute atomic E-state index is 13.1. The summed E-state index contributed by atoms with van der Waals surface area (Å²) in [5.74, 6) is 0.942. The Balaban J connectivity index is 1.31. The molecule has 1 aliphatic heterocycles. The van der Waals surface area contributed by atoms with Crippen LogP contribution in [-0.4, -0.2) is 62.9 Å². The third-order valence-corrected chi connectivity index (χ3v) is 6.54. The Morgan fingerprint density at radius 3 is 2.59 bits per heavy atom. The number of anilines is 1. The number of hydrogen-bond acceptors (Lipinski definition) is 6. The van der Waals surface area contributed by atoms with Gasteiger partial charge in [0.2, 0.25) is 0 Å². The number of aryl methyl sites for hydroxylation is 1. The van der Waals surface area contributed by atoms with E-state index in [0.29, 0.717) is 5.56 Å². The van der Waals surface area contributed by atoms with Crippen molar-refractivity contribution >= 4 is 22.4 Å². The zero-order valence-corrected chi connectivity index (χ0v) is 19.8. The number of rotatable bonds is 7. The molecule has 0 N–H and O–H groups in total. The number of Topliss-reactive ketones (excluding diaryl/α,β-unsaturated/α-hetero) is 1. The summed E-state index contributed by atoms with van der Waals surface area (Å²) in [6.07, 6.45) is 8.69. The molecule has 0 aliphatic carbocycles. The lowest BCUT2D eigenvalue weighted by molar-refractivity contribution is 0.0992. The highest BCUT2D eigenvalue weighted by Crippen LogP contribution is 2.24. The maximum Gasteiger partial charge on any atom is 0.169 e. The molecule has 0 saturated carbocycles. The van der Waals surface area contributed by atoms with E-state index >= 15 is 0 Å². The molecule has 3 aromatic heterocycles. The van der Waals surface area contributed by atoms with Crippen molar-refractivity contribution in [1.29, 1.82) is 0 Å². The molecule has 1 saturated heterocycles. The molecular formula is C27H30N6O. The highest BCUT2D eigenvalue weighted by molar-refractivity contribution is 5.98. The smallest absolute Gasteiger partial charge is 0.169 e. The standard InChI is InChI=1S/C27H30N6O/c1-3-8-32-9-11-33(12-10-32)27-15-21(6-7-29-27)26(34)16-24-14-23-13-20(4-5-22(23)17-30-24)25-18-28-19-31(25)2/h4-7,13-15,17-19H,3,8-12,16H2,1-2H3. The van der Waals surface area contributed by atoms with Crippen molar-refractivity contribution < 1.29 is 4.79 Å². The third-order valence-electron chi connectivity index (χ3n) is 6.54. The first-order valence-electron chi connectivity index (χ1n) is 11.9. The topological polar surface area (TPSA) is 67.2 Å². The summed E-state index contributed by atoms with van der Waals surface area (Å²) in [5.41, 5.74) is 3.60. The molecule has 0 radical (unpaired) electrons. The average Bonchev–Trinajstić information content (AvgIpc) is 3.30. The van der Waals surface area contributed by atoms with Gasteiger partial charge in [-0.2, -0.15) is 0 Å². The van der Waals surface area contributed by atoms with Crippen LogP contribution in [0.3, 0.4) is 0 Å². The van der Waals surface area contributed by atoms with Gasteiger partial charge in [-0.15, -0.1) is 0 Å². The van der Waals surface area contributed by atoms with Crippen LogP contribution in [0.15, 0.2) is 61.3 Å². The molecule has 0 spiro atoms. The van der Waals surface area contributed by atoms with Gasteiger partial charge in [0.05, 0.1) is 24.6 Å². The SMILES string of the molecule is CCCN1CCN(c2cc(C(=O)Cc3cc4cc(-c5cncn5C)ccc4cn3)ccn2)CC1. The number of ketones is 1. The van der Waals surface area contributed by atoms with Crippen molar-refractivity contribution in [3.8, 4) is 11.3 Å². The molecule has 0 amide bonds. The van der Waals surface area contributed by atoms with Crippen LogP contribution < -0.4 is 4.90 Å². The Kier molecular flexibility index (Phi) is 6.36. The van der Waals surface area contributed by atoms with E-state index in [-0.39, 0.29) is 12.2 Å². The Morgan fingerprint density at radius 1 is 0.971 bits per heavy atom. The minimum atomic E-state index is 0.0582. The monoisotopic (exact) mass is 454 g/mol. The number of benzene rings is 1. The number of pyridine rings is 2. The van der Waals surface area contributed by atoms with E-state index in [9.17, 15) is 4.79 Å². The van der Waals surface area contributed by atoms with E-state index in [0.717, 1.165) is 66.3 Å². The van der Waals surface area contributed by atoms with Gasteiger partial charge in [0.1, 0.15) is 5.82 Å². The molecule has 34 heavy (non-hydrogen) atoms. The zero-order valence-electron chi connectivity index (χ0n) is 19.8. The lowest BCUT2D eigenvalue weighted by atomic mass is 10.0. The van der Waals surface area contributed by atoms with Crippen LogP contribution in [0.25, 0.3) is 22.0 Å². The fourth-order valence-corrected chi connectivity index (χ4v) is 4.63. The fraction of sp³-hybridized carbons (Fsp3) is 0.333. The summed E-state index contributed by atoms with van der Waals surface area (Å²) < 4.78 is 2.00. The van der Waals surface area contributed by atoms with E-state index in [1.807, 2.05) is 36.1 Å². The van der Waals surface area contributed by atoms with Gasteiger partial charge in [0.25, 0.3) is 0 Å². The molecule has 1 fully saturated rings. The zero-order chi connectivity index (χ0) is 23.5. The molecule has 174 valence electrons. The quantitative estimate of drug-likeness (QED) is 0.394. The van der Waals surface area contributed by atoms with Gasteiger partial charge in [-0.3, -0.25) is 14.7 Å². The number of nitrogens with zero attached hydrogens (tertiary/aromatic N) is 6. The maximum atomic E-state index is 13.1. The second-order valence-electron chi connectivity index (χ2n) is 8.96. The van der Waals surface area contributed by atoms with E-state index in [1.165, 1.54) is 6.42 Å². The van der Waals surface area contributed by atoms with Crippen molar-refractivity contribution in [2.45, 2.75) is 19.8 Å². The number of hydrogen-bond donors (Lipinski definition) is 0. The van der Waals surface area contributed by atoms with Gasteiger partial charge in [0, 0.05) is 67.8 Å². The van der Waals surface area contributed by atoms with Gasteiger partial charge < -0.3 is 9.47 Å². The second-order valence-corrected chi connectivity index (χ2v) is 8.96. The van der Waals surface area contributed by atoms with E-state index in [1.54, 1.807) is 18.6 Å². The molecule has 0 bridgehead atoms. The number of carbonyl (C=O) groups excluding carboxylic acids is 1. The van der Waals surface area contributed by atoms with Crippen molar-refractivity contribution in [2.75, 3.05) is 37.6 Å². The summed E-state index contributed by atoms with van der Waals surface area (Å²) in [6, 6.07) is 12.0. The number of piperazine rings is 1. The largest absolute Gasteiger partial charge is 0.354 e. The van der Waals surface area contributed by atoms with Gasteiger partial charge in [-0.1, -0.05) is 19.1 Å². The molecule has 0 atom stereocenters. The summed E-state index contributed by atoms with van der Waals surface area (Å²) >= 11 is 0. The van der Waals surface area contributed by atoms with Crippen molar-refractivity contribution in [3.05, 3.63) is 72.6 Å². The Labute approximate surface area is 200 Å². The first kappa shape index (κ1) is 22.2. The van der Waals surface area contributed by atoms with Crippen LogP contribution in [0.1, 0.15) is 29.4 Å². The summed E-state index contributed by atoms with van der Waals surface area (Å²) in [6.45, 7) is 7.31. The summed E-state index contributed by atoms with van der Waals surface area (Å²) in [4.78, 5) is 31.2. The average molecular weight is 455 g/mol. The first-order chi connectivity index (χ1) is 16.6. The summed E-state index contributed by atoms with van der Waals surface area (Å²) in [7, 11) is 1.98. The fourth-order valence-electron chi connectivity index (χ4n) is 4.63. The van der Waals surface area contributed by atoms with Crippen LogP contribution in [0.2, 0.25) is 0 Å². The predicted octanol–water partition coefficient (Wildman–Crippen LogP) is 3.99. The molecule has 7 nitrogen and oxygen atoms in total. The predicted molar refractivity (Wildman–Crippen MR) is 135 cm³/mol. The molecule has 0 unspecified atom stereocenters. The van der Waals surface area contributed by atoms with E-state index < -0.39 is 0 Å². The molecule has 7 heteroatoms. The van der Waals surface area contributed by atoms with Crippen LogP contribution in [0, 0.1) is 0 Å². The molecule has 1 aromatic carbocycles. The van der Waals surface area contributed by atoms with Gasteiger partial charge in [-0.25, -0.2) is 9.97 Å². The molecule has 5 rings (SSSR count). The molecule has 1 aliphatic rings. The first-order valence-corrected chi connectivity index (χ1v) is 11.9. The Bertz CT molecular complexity index is 1310.